The van der Waals surface area contributed by atoms with Crippen molar-refractivity contribution in [3.63, 3.8) is 0 Å². The quantitative estimate of drug-likeness (QED) is 0.413. The van der Waals surface area contributed by atoms with Crippen LogP contribution in [0.2, 0.25) is 0 Å². The lowest BCUT2D eigenvalue weighted by atomic mass is 9.84. The molecule has 0 radical (unpaired) electrons. The number of carbonyl (C=O) groups is 2. The highest BCUT2D eigenvalue weighted by molar-refractivity contribution is 6.54. The van der Waals surface area contributed by atoms with E-state index in [-0.39, 0.29) is 10.1 Å². The normalized spacial score (nSPS) is 37.7. The van der Waals surface area contributed by atoms with Gasteiger partial charge in [0.05, 0.1) is 33.8 Å². The zero-order chi connectivity index (χ0) is 19.1. The van der Waals surface area contributed by atoms with Crippen molar-refractivity contribution < 1.29 is 19.1 Å². The number of pyridine rings is 1. The van der Waals surface area contributed by atoms with Gasteiger partial charge in [0.25, 0.3) is 0 Å². The van der Waals surface area contributed by atoms with Gasteiger partial charge in [-0.2, -0.15) is 0 Å². The third-order valence-electron chi connectivity index (χ3n) is 5.43. The molecule has 0 spiro atoms. The first-order valence-corrected chi connectivity index (χ1v) is 9.07. The molecule has 2 amide bonds. The van der Waals surface area contributed by atoms with Crippen LogP contribution in [-0.4, -0.2) is 46.6 Å². The fourth-order valence-corrected chi connectivity index (χ4v) is 6.61. The fraction of sp³-hybridized carbons (Fsp3) is 0.438. The Hall–Kier alpha value is -0.890. The first-order valence-electron chi connectivity index (χ1n) is 7.56. The van der Waals surface area contributed by atoms with Crippen molar-refractivity contribution in [1.29, 1.82) is 0 Å². The molecule has 4 atom stereocenters. The van der Waals surface area contributed by atoms with E-state index in [1.54, 1.807) is 12.1 Å². The van der Waals surface area contributed by atoms with E-state index in [1.165, 1.54) is 26.6 Å². The Bertz CT molecular complexity index is 813. The van der Waals surface area contributed by atoms with Crippen LogP contribution in [-0.2, 0) is 19.1 Å². The number of alkyl halides is 2. The summed E-state index contributed by atoms with van der Waals surface area (Å²) < 4.78 is 11.0. The van der Waals surface area contributed by atoms with E-state index in [2.05, 4.69) is 4.98 Å². The first-order chi connectivity index (χ1) is 12.2. The van der Waals surface area contributed by atoms with Gasteiger partial charge in [0.2, 0.25) is 17.6 Å². The number of rotatable bonds is 3. The second-order valence-corrected chi connectivity index (χ2v) is 8.20. The zero-order valence-electron chi connectivity index (χ0n) is 13.5. The highest BCUT2D eigenvalue weighted by atomic mass is 35.5. The van der Waals surface area contributed by atoms with Gasteiger partial charge in [-0.1, -0.05) is 23.2 Å². The van der Waals surface area contributed by atoms with Crippen molar-refractivity contribution in [3.05, 3.63) is 34.6 Å². The van der Waals surface area contributed by atoms with Crippen molar-refractivity contribution in [2.75, 3.05) is 19.1 Å². The minimum absolute atomic E-state index is 0.0602. The third kappa shape index (κ3) is 1.64. The predicted molar refractivity (Wildman–Crippen MR) is 96.4 cm³/mol. The van der Waals surface area contributed by atoms with Gasteiger partial charge in [-0.25, -0.2) is 4.90 Å². The lowest BCUT2D eigenvalue weighted by Crippen LogP contribution is -2.60. The number of fused-ring (bicyclic) bond motifs is 5. The standard InChI is InChI=1S/C16H12Cl4N2O4/c1-25-16(26-2)14(19)8-9(15(16,20)11(18)10(14)17)13(24)22(12(8)23)7-4-3-5-21-6-7/h3-6,8-9H,1-2H3/t8-,9+,14-,15-/m1/s1. The van der Waals surface area contributed by atoms with Crippen molar-refractivity contribution in [2.24, 2.45) is 11.8 Å². The van der Waals surface area contributed by atoms with Crippen molar-refractivity contribution >= 4 is 63.9 Å². The summed E-state index contributed by atoms with van der Waals surface area (Å²) in [6.45, 7) is 0. The molecule has 26 heavy (non-hydrogen) atoms. The number of imide groups is 1. The summed E-state index contributed by atoms with van der Waals surface area (Å²) in [5, 5.41) is -0.120. The Morgan fingerprint density at radius 1 is 1.04 bits per heavy atom. The molecule has 1 saturated carbocycles. The second kappa shape index (κ2) is 5.56. The van der Waals surface area contributed by atoms with E-state index >= 15 is 0 Å². The molecule has 0 aromatic carbocycles. The second-order valence-electron chi connectivity index (χ2n) is 6.25. The van der Waals surface area contributed by atoms with Crippen LogP contribution < -0.4 is 4.90 Å². The lowest BCUT2D eigenvalue weighted by Gasteiger charge is -2.42. The number of aromatic nitrogens is 1. The molecular weight excluding hydrogens is 426 g/mol. The third-order valence-corrected chi connectivity index (χ3v) is 8.04. The largest absolute Gasteiger partial charge is 0.350 e. The summed E-state index contributed by atoms with van der Waals surface area (Å²) in [5.74, 6) is -5.12. The molecule has 0 N–H and O–H groups in total. The summed E-state index contributed by atoms with van der Waals surface area (Å²) in [6, 6.07) is 3.20. The number of halogens is 4. The van der Waals surface area contributed by atoms with Gasteiger partial charge in [-0.05, 0) is 12.1 Å². The first kappa shape index (κ1) is 18.5. The van der Waals surface area contributed by atoms with E-state index in [1.807, 2.05) is 0 Å². The minimum atomic E-state index is -1.78. The Morgan fingerprint density at radius 3 is 1.92 bits per heavy atom. The molecule has 138 valence electrons. The molecule has 1 aliphatic heterocycles. The molecular formula is C16H12Cl4N2O4. The Balaban J connectivity index is 1.95. The van der Waals surface area contributed by atoms with E-state index < -0.39 is 39.2 Å². The average molecular weight is 438 g/mol. The average Bonchev–Trinajstić information content (AvgIpc) is 3.06. The van der Waals surface area contributed by atoms with E-state index in [4.69, 9.17) is 55.9 Å². The molecule has 4 rings (SSSR count). The molecule has 2 fully saturated rings. The molecule has 3 aliphatic rings. The van der Waals surface area contributed by atoms with Gasteiger partial charge >= 0.3 is 0 Å². The van der Waals surface area contributed by atoms with Crippen LogP contribution >= 0.6 is 46.4 Å². The number of hydrogen-bond donors (Lipinski definition) is 0. The maximum absolute atomic E-state index is 13.2. The minimum Gasteiger partial charge on any atom is -0.350 e. The number of amides is 2. The SMILES string of the molecule is COC1(OC)[C@]2(Cl)C(Cl)=C(Cl)[C@]1(Cl)[C@H]1C(=O)N(c3cccnc3)C(=O)[C@H]12. The van der Waals surface area contributed by atoms with Crippen molar-refractivity contribution in [2.45, 2.75) is 15.5 Å². The number of ether oxygens (including phenoxy) is 2. The maximum Gasteiger partial charge on any atom is 0.240 e. The maximum atomic E-state index is 13.2. The summed E-state index contributed by atoms with van der Waals surface area (Å²) >= 11 is 26.5. The van der Waals surface area contributed by atoms with Crippen LogP contribution in [0.25, 0.3) is 0 Å². The summed E-state index contributed by atoms with van der Waals surface area (Å²) in [5.41, 5.74) is 0.310. The van der Waals surface area contributed by atoms with Gasteiger partial charge in [0.15, 0.2) is 0 Å². The molecule has 6 nitrogen and oxygen atoms in total. The van der Waals surface area contributed by atoms with Crippen LogP contribution in [0.3, 0.4) is 0 Å². The van der Waals surface area contributed by atoms with E-state index in [0.717, 1.165) is 4.90 Å². The summed E-state index contributed by atoms with van der Waals surface area (Å²) in [7, 11) is 2.62. The molecule has 10 heteroatoms. The van der Waals surface area contributed by atoms with E-state index in [0.29, 0.717) is 5.69 Å². The molecule has 1 aromatic heterocycles. The Labute approximate surface area is 168 Å². The number of carbonyl (C=O) groups excluding carboxylic acids is 2. The summed E-state index contributed by atoms with van der Waals surface area (Å²) in [4.78, 5) is 27.9. The molecule has 1 saturated heterocycles. The highest BCUT2D eigenvalue weighted by Crippen LogP contribution is 2.75. The van der Waals surface area contributed by atoms with E-state index in [9.17, 15) is 9.59 Å². The fourth-order valence-electron chi connectivity index (χ4n) is 4.45. The Kier molecular flexibility index (Phi) is 3.95. The Morgan fingerprint density at radius 2 is 1.54 bits per heavy atom. The molecule has 2 aliphatic carbocycles. The van der Waals surface area contributed by atoms with Crippen LogP contribution in [0.4, 0.5) is 5.69 Å². The number of methoxy groups -OCH3 is 2. The zero-order valence-corrected chi connectivity index (χ0v) is 16.5. The van der Waals surface area contributed by atoms with Crippen LogP contribution in [0.1, 0.15) is 0 Å². The van der Waals surface area contributed by atoms with Gasteiger partial charge in [-0.15, -0.1) is 23.2 Å². The topological polar surface area (TPSA) is 68.7 Å². The van der Waals surface area contributed by atoms with Crippen molar-refractivity contribution in [1.82, 2.24) is 4.98 Å². The van der Waals surface area contributed by atoms with Gasteiger partial charge in [0.1, 0.15) is 9.75 Å². The number of nitrogens with zero attached hydrogens (tertiary/aromatic N) is 2. The number of anilines is 1. The smallest absolute Gasteiger partial charge is 0.240 e. The monoisotopic (exact) mass is 436 g/mol. The predicted octanol–water partition coefficient (Wildman–Crippen LogP) is 2.85. The molecule has 0 unspecified atom stereocenters. The molecule has 1 aromatic rings. The van der Waals surface area contributed by atoms with Crippen molar-refractivity contribution in [3.8, 4) is 0 Å². The number of hydrogen-bond acceptors (Lipinski definition) is 5. The van der Waals surface area contributed by atoms with Gasteiger partial charge < -0.3 is 9.47 Å². The molecule has 2 heterocycles. The molecule has 2 bridgehead atoms. The van der Waals surface area contributed by atoms with Gasteiger partial charge in [-0.3, -0.25) is 14.6 Å². The van der Waals surface area contributed by atoms with Crippen LogP contribution in [0.15, 0.2) is 34.6 Å². The lowest BCUT2D eigenvalue weighted by molar-refractivity contribution is -0.221. The van der Waals surface area contributed by atoms with Gasteiger partial charge in [0, 0.05) is 20.4 Å². The van der Waals surface area contributed by atoms with Crippen LogP contribution in [0, 0.1) is 11.8 Å². The van der Waals surface area contributed by atoms with Crippen LogP contribution in [0.5, 0.6) is 0 Å². The summed E-state index contributed by atoms with van der Waals surface area (Å²) in [6.07, 6.45) is 2.93. The highest BCUT2D eigenvalue weighted by Gasteiger charge is 2.89.